The summed E-state index contributed by atoms with van der Waals surface area (Å²) in [6, 6.07) is 2.71. The van der Waals surface area contributed by atoms with E-state index >= 15 is 0 Å². The number of carbonyl (C=O) groups is 1. The van der Waals surface area contributed by atoms with E-state index in [1.54, 1.807) is 0 Å². The van der Waals surface area contributed by atoms with Gasteiger partial charge in [-0.1, -0.05) is 0 Å². The number of carboxylic acid groups (broad SMARTS) is 1. The lowest BCUT2D eigenvalue weighted by atomic mass is 10.1. The zero-order chi connectivity index (χ0) is 14.0. The number of benzene rings is 1. The van der Waals surface area contributed by atoms with Crippen molar-refractivity contribution >= 4 is 11.7 Å². The zero-order valence-corrected chi connectivity index (χ0v) is 10.7. The minimum atomic E-state index is -1.20. The van der Waals surface area contributed by atoms with Crippen LogP contribution in [0.5, 0.6) is 5.75 Å². The van der Waals surface area contributed by atoms with E-state index in [-0.39, 0.29) is 17.0 Å². The van der Waals surface area contributed by atoms with Gasteiger partial charge in [-0.15, -0.1) is 0 Å². The third-order valence-corrected chi connectivity index (χ3v) is 3.21. The predicted molar refractivity (Wildman–Crippen MR) is 68.9 cm³/mol. The Morgan fingerprint density at radius 3 is 2.84 bits per heavy atom. The molecular weight excluding hydrogens is 251 g/mol. The van der Waals surface area contributed by atoms with Crippen LogP contribution in [-0.2, 0) is 0 Å². The van der Waals surface area contributed by atoms with E-state index < -0.39 is 11.8 Å². The van der Waals surface area contributed by atoms with Crippen LogP contribution in [0.4, 0.5) is 10.1 Å². The monoisotopic (exact) mass is 268 g/mol. The van der Waals surface area contributed by atoms with Crippen molar-refractivity contribution in [2.75, 3.05) is 25.9 Å². The summed E-state index contributed by atoms with van der Waals surface area (Å²) >= 11 is 0. The molecule has 0 atom stereocenters. The molecule has 0 heterocycles. The molecule has 0 radical (unpaired) electrons. The molecule has 19 heavy (non-hydrogen) atoms. The molecule has 0 unspecified atom stereocenters. The van der Waals surface area contributed by atoms with Crippen molar-refractivity contribution < 1.29 is 19.0 Å². The van der Waals surface area contributed by atoms with E-state index in [0.717, 1.165) is 12.1 Å². The standard InChI is InChI=1S/C13H17FN2O3/c1-16(8-2-3-8)4-5-19-12-6-9(13(17)18)11(15)7-10(12)14/h6-8H,2-5,15H2,1H3,(H,17,18). The molecular formula is C13H17FN2O3. The molecule has 3 N–H and O–H groups in total. The molecule has 1 aromatic carbocycles. The highest BCUT2D eigenvalue weighted by atomic mass is 19.1. The summed E-state index contributed by atoms with van der Waals surface area (Å²) in [6.07, 6.45) is 2.38. The van der Waals surface area contributed by atoms with Crippen molar-refractivity contribution in [1.82, 2.24) is 4.90 Å². The van der Waals surface area contributed by atoms with Gasteiger partial charge in [-0.25, -0.2) is 9.18 Å². The number of nitrogen functional groups attached to an aromatic ring is 1. The Labute approximate surface area is 110 Å². The molecule has 2 rings (SSSR count). The van der Waals surface area contributed by atoms with Gasteiger partial charge < -0.3 is 20.5 Å². The fourth-order valence-corrected chi connectivity index (χ4v) is 1.86. The average molecular weight is 268 g/mol. The van der Waals surface area contributed by atoms with E-state index in [2.05, 4.69) is 4.90 Å². The Balaban J connectivity index is 1.98. The number of hydrogen-bond acceptors (Lipinski definition) is 4. The van der Waals surface area contributed by atoms with Gasteiger partial charge in [0.05, 0.1) is 5.56 Å². The summed E-state index contributed by atoms with van der Waals surface area (Å²) in [6.45, 7) is 0.990. The molecule has 104 valence electrons. The van der Waals surface area contributed by atoms with Crippen molar-refractivity contribution in [2.24, 2.45) is 0 Å². The fraction of sp³-hybridized carbons (Fsp3) is 0.462. The minimum absolute atomic E-state index is 0.0733. The maximum absolute atomic E-state index is 13.6. The quantitative estimate of drug-likeness (QED) is 0.766. The van der Waals surface area contributed by atoms with Gasteiger partial charge >= 0.3 is 5.97 Å². The van der Waals surface area contributed by atoms with Crippen LogP contribution in [0.15, 0.2) is 12.1 Å². The van der Waals surface area contributed by atoms with Crippen LogP contribution in [-0.4, -0.2) is 42.2 Å². The maximum atomic E-state index is 13.6. The normalized spacial score (nSPS) is 14.7. The summed E-state index contributed by atoms with van der Waals surface area (Å²) in [5, 5.41) is 8.91. The van der Waals surface area contributed by atoms with E-state index in [0.29, 0.717) is 19.2 Å². The number of hydrogen-bond donors (Lipinski definition) is 2. The Kier molecular flexibility index (Phi) is 3.90. The van der Waals surface area contributed by atoms with Crippen LogP contribution in [0.2, 0.25) is 0 Å². The highest BCUT2D eigenvalue weighted by molar-refractivity contribution is 5.94. The van der Waals surface area contributed by atoms with Crippen molar-refractivity contribution in [3.8, 4) is 5.75 Å². The first-order valence-corrected chi connectivity index (χ1v) is 6.14. The number of nitrogens with two attached hydrogens (primary N) is 1. The fourth-order valence-electron chi connectivity index (χ4n) is 1.86. The first-order chi connectivity index (χ1) is 8.99. The second-order valence-corrected chi connectivity index (χ2v) is 4.74. The lowest BCUT2D eigenvalue weighted by Gasteiger charge is -2.16. The van der Waals surface area contributed by atoms with Crippen LogP contribution in [0.3, 0.4) is 0 Å². The number of aromatic carboxylic acids is 1. The molecule has 1 fully saturated rings. The minimum Gasteiger partial charge on any atom is -0.489 e. The first-order valence-electron chi connectivity index (χ1n) is 6.14. The van der Waals surface area contributed by atoms with Crippen LogP contribution in [0.1, 0.15) is 23.2 Å². The summed E-state index contributed by atoms with van der Waals surface area (Å²) in [5.74, 6) is -1.91. The smallest absolute Gasteiger partial charge is 0.337 e. The van der Waals surface area contributed by atoms with Gasteiger partial charge in [-0.3, -0.25) is 0 Å². The van der Waals surface area contributed by atoms with Gasteiger partial charge in [0.1, 0.15) is 6.61 Å². The summed E-state index contributed by atoms with van der Waals surface area (Å²) in [4.78, 5) is 13.0. The third kappa shape index (κ3) is 3.35. The highest BCUT2D eigenvalue weighted by Gasteiger charge is 2.25. The number of carboxylic acids is 1. The van der Waals surface area contributed by atoms with Crippen LogP contribution in [0, 0.1) is 5.82 Å². The Morgan fingerprint density at radius 2 is 2.26 bits per heavy atom. The highest BCUT2D eigenvalue weighted by Crippen LogP contribution is 2.26. The number of halogens is 1. The SMILES string of the molecule is CN(CCOc1cc(C(=O)O)c(N)cc1F)C1CC1. The maximum Gasteiger partial charge on any atom is 0.337 e. The molecule has 0 saturated heterocycles. The van der Waals surface area contributed by atoms with Crippen LogP contribution in [0.25, 0.3) is 0 Å². The average Bonchev–Trinajstić information content (AvgIpc) is 3.15. The molecule has 1 aliphatic carbocycles. The van der Waals surface area contributed by atoms with Crippen molar-refractivity contribution in [2.45, 2.75) is 18.9 Å². The van der Waals surface area contributed by atoms with E-state index in [1.807, 2.05) is 7.05 Å². The molecule has 0 aromatic heterocycles. The second kappa shape index (κ2) is 5.44. The van der Waals surface area contributed by atoms with Crippen molar-refractivity contribution in [1.29, 1.82) is 0 Å². The molecule has 0 spiro atoms. The summed E-state index contributed by atoms with van der Waals surface area (Å²) in [5.41, 5.74) is 5.18. The molecule has 1 aromatic rings. The molecule has 1 saturated carbocycles. The lowest BCUT2D eigenvalue weighted by Crippen LogP contribution is -2.26. The lowest BCUT2D eigenvalue weighted by molar-refractivity contribution is 0.0697. The number of nitrogens with zero attached hydrogens (tertiary/aromatic N) is 1. The Bertz CT molecular complexity index is 489. The molecule has 0 aliphatic heterocycles. The molecule has 6 heteroatoms. The van der Waals surface area contributed by atoms with Crippen molar-refractivity contribution in [3.63, 3.8) is 0 Å². The van der Waals surface area contributed by atoms with E-state index in [9.17, 15) is 9.18 Å². The largest absolute Gasteiger partial charge is 0.489 e. The summed E-state index contributed by atoms with van der Waals surface area (Å²) < 4.78 is 18.9. The summed E-state index contributed by atoms with van der Waals surface area (Å²) in [7, 11) is 1.99. The van der Waals surface area contributed by atoms with Crippen LogP contribution >= 0.6 is 0 Å². The van der Waals surface area contributed by atoms with E-state index in [1.165, 1.54) is 12.8 Å². The topological polar surface area (TPSA) is 75.8 Å². The van der Waals surface area contributed by atoms with Gasteiger partial charge in [0.15, 0.2) is 11.6 Å². The number of ether oxygens (including phenoxy) is 1. The van der Waals surface area contributed by atoms with Gasteiger partial charge in [0.2, 0.25) is 0 Å². The van der Waals surface area contributed by atoms with Gasteiger partial charge in [0.25, 0.3) is 0 Å². The number of likely N-dealkylation sites (N-methyl/N-ethyl adjacent to an activating group) is 1. The molecule has 0 bridgehead atoms. The zero-order valence-electron chi connectivity index (χ0n) is 10.7. The van der Waals surface area contributed by atoms with Gasteiger partial charge in [-0.2, -0.15) is 0 Å². The number of rotatable bonds is 6. The Hall–Kier alpha value is -1.82. The predicted octanol–water partition coefficient (Wildman–Crippen LogP) is 1.58. The molecule has 5 nitrogen and oxygen atoms in total. The Morgan fingerprint density at radius 1 is 1.58 bits per heavy atom. The third-order valence-electron chi connectivity index (χ3n) is 3.21. The van der Waals surface area contributed by atoms with Gasteiger partial charge in [-0.05, 0) is 26.0 Å². The van der Waals surface area contributed by atoms with Crippen molar-refractivity contribution in [3.05, 3.63) is 23.5 Å². The molecule has 0 amide bonds. The first kappa shape index (κ1) is 13.6. The van der Waals surface area contributed by atoms with E-state index in [4.69, 9.17) is 15.6 Å². The van der Waals surface area contributed by atoms with Gasteiger partial charge in [0, 0.05) is 24.3 Å². The van der Waals surface area contributed by atoms with Crippen LogP contribution < -0.4 is 10.5 Å². The molecule has 1 aliphatic rings. The second-order valence-electron chi connectivity index (χ2n) is 4.74. The number of anilines is 1.